The molecule has 0 bridgehead atoms. The van der Waals surface area contributed by atoms with Crippen LogP contribution in [0.1, 0.15) is 41.7 Å². The lowest BCUT2D eigenvalue weighted by Gasteiger charge is -2.38. The second-order valence-electron chi connectivity index (χ2n) is 7.72. The minimum Gasteiger partial charge on any atom is -0.495 e. The second-order valence-corrected chi connectivity index (χ2v) is 8.10. The van der Waals surface area contributed by atoms with Gasteiger partial charge in [-0.3, -0.25) is 4.79 Å². The Hall–Kier alpha value is -3.39. The van der Waals surface area contributed by atoms with Crippen molar-refractivity contribution in [2.24, 2.45) is 0 Å². The molecule has 1 saturated carbocycles. The highest BCUT2D eigenvalue weighted by Gasteiger charge is 2.41. The first-order valence-electron chi connectivity index (χ1n) is 10.4. The van der Waals surface area contributed by atoms with E-state index < -0.39 is 12.0 Å². The average molecular weight is 452 g/mol. The summed E-state index contributed by atoms with van der Waals surface area (Å²) >= 11 is 5.66. The third-order valence-electron chi connectivity index (χ3n) is 5.72. The number of anilines is 1. The summed E-state index contributed by atoms with van der Waals surface area (Å²) in [6, 6.07) is 14.0. The number of methoxy groups -OCH3 is 2. The number of carbonyl (C=O) groups excluding carboxylic acids is 2. The van der Waals surface area contributed by atoms with Crippen molar-refractivity contribution in [2.75, 3.05) is 19.5 Å². The first-order valence-corrected chi connectivity index (χ1v) is 10.8. The highest BCUT2D eigenvalue weighted by molar-refractivity contribution is 7.80. The number of nitrogens with zero attached hydrogens (tertiary/aromatic N) is 1. The average Bonchev–Trinajstić information content (AvgIpc) is 3.63. The van der Waals surface area contributed by atoms with Gasteiger partial charge in [-0.2, -0.15) is 0 Å². The number of ether oxygens (including phenoxy) is 2. The van der Waals surface area contributed by atoms with Gasteiger partial charge in [0.15, 0.2) is 5.11 Å². The van der Waals surface area contributed by atoms with Gasteiger partial charge in [0, 0.05) is 11.7 Å². The van der Waals surface area contributed by atoms with Crippen LogP contribution in [0.25, 0.3) is 0 Å². The van der Waals surface area contributed by atoms with E-state index in [0.29, 0.717) is 33.2 Å². The number of esters is 1. The summed E-state index contributed by atoms with van der Waals surface area (Å²) in [6.07, 6.45) is 2.04. The number of allylic oxidation sites excluding steroid dienone is 1. The van der Waals surface area contributed by atoms with Crippen molar-refractivity contribution in [1.82, 2.24) is 10.2 Å². The Morgan fingerprint density at radius 1 is 1.09 bits per heavy atom. The Labute approximate surface area is 192 Å². The van der Waals surface area contributed by atoms with Crippen molar-refractivity contribution in [1.29, 1.82) is 0 Å². The second kappa shape index (κ2) is 9.00. The molecule has 8 heteroatoms. The van der Waals surface area contributed by atoms with Gasteiger partial charge in [0.25, 0.3) is 5.91 Å². The van der Waals surface area contributed by atoms with E-state index in [0.717, 1.165) is 18.5 Å². The van der Waals surface area contributed by atoms with Crippen LogP contribution in [0.2, 0.25) is 0 Å². The van der Waals surface area contributed by atoms with Crippen LogP contribution < -0.4 is 15.4 Å². The molecular weight excluding hydrogens is 426 g/mol. The summed E-state index contributed by atoms with van der Waals surface area (Å²) in [7, 11) is 2.89. The highest BCUT2D eigenvalue weighted by Crippen LogP contribution is 2.39. The van der Waals surface area contributed by atoms with E-state index in [1.165, 1.54) is 7.11 Å². The molecule has 1 atom stereocenters. The van der Waals surface area contributed by atoms with Crippen LogP contribution in [0.15, 0.2) is 59.8 Å². The molecule has 166 valence electrons. The van der Waals surface area contributed by atoms with Gasteiger partial charge in [0.05, 0.1) is 37.1 Å². The fourth-order valence-corrected chi connectivity index (χ4v) is 4.44. The quantitative estimate of drug-likeness (QED) is 0.511. The number of para-hydroxylation sites is 2. The number of thiocarbonyl (C=S) groups is 1. The lowest BCUT2D eigenvalue weighted by atomic mass is 9.90. The molecule has 32 heavy (non-hydrogen) atoms. The van der Waals surface area contributed by atoms with Crippen LogP contribution in [0.4, 0.5) is 5.69 Å². The molecule has 2 aliphatic rings. The summed E-state index contributed by atoms with van der Waals surface area (Å²) in [5.74, 6) is -0.207. The van der Waals surface area contributed by atoms with Crippen molar-refractivity contribution in [3.05, 3.63) is 70.9 Å². The lowest BCUT2D eigenvalue weighted by molar-refractivity contribution is -0.113. The van der Waals surface area contributed by atoms with Gasteiger partial charge in [-0.1, -0.05) is 30.3 Å². The summed E-state index contributed by atoms with van der Waals surface area (Å²) in [4.78, 5) is 28.1. The van der Waals surface area contributed by atoms with Gasteiger partial charge in [-0.25, -0.2) is 4.79 Å². The monoisotopic (exact) mass is 451 g/mol. The van der Waals surface area contributed by atoms with Crippen molar-refractivity contribution >= 4 is 34.9 Å². The minimum atomic E-state index is -0.609. The van der Waals surface area contributed by atoms with Crippen molar-refractivity contribution in [3.8, 4) is 5.75 Å². The normalized spacial score (nSPS) is 18.2. The van der Waals surface area contributed by atoms with E-state index in [1.807, 2.05) is 36.1 Å². The van der Waals surface area contributed by atoms with Gasteiger partial charge in [0.2, 0.25) is 0 Å². The Balaban J connectivity index is 1.80. The fourth-order valence-electron chi connectivity index (χ4n) is 4.04. The molecule has 2 aromatic carbocycles. The molecule has 0 saturated heterocycles. The topological polar surface area (TPSA) is 79.9 Å². The van der Waals surface area contributed by atoms with Crippen LogP contribution in [-0.2, 0) is 9.53 Å². The van der Waals surface area contributed by atoms with Gasteiger partial charge in [0.1, 0.15) is 5.75 Å². The largest absolute Gasteiger partial charge is 0.495 e. The number of amides is 1. The van der Waals surface area contributed by atoms with E-state index in [1.54, 1.807) is 31.4 Å². The zero-order valence-corrected chi connectivity index (χ0v) is 19.0. The maximum absolute atomic E-state index is 13.6. The summed E-state index contributed by atoms with van der Waals surface area (Å²) in [6.45, 7) is 1.90. The Morgan fingerprint density at radius 2 is 1.78 bits per heavy atom. The standard InChI is InChI=1S/C24H25N3O4S/c1-14-20(22(28)25-18-10-6-7-11-19(18)30-2)21(26-24(32)27(14)15-12-13-15)16-8-4-5-9-17(16)23(29)31-3/h4-11,15,21H,12-13H2,1-3H3,(H,25,28)(H,26,32). The predicted octanol–water partition coefficient (Wildman–Crippen LogP) is 3.79. The fraction of sp³-hybridized carbons (Fsp3) is 0.292. The Morgan fingerprint density at radius 3 is 2.47 bits per heavy atom. The smallest absolute Gasteiger partial charge is 0.338 e. The number of benzene rings is 2. The Kier molecular flexibility index (Phi) is 6.14. The molecule has 1 aliphatic heterocycles. The molecule has 2 aromatic rings. The van der Waals surface area contributed by atoms with Crippen molar-refractivity contribution in [3.63, 3.8) is 0 Å². The van der Waals surface area contributed by atoms with Crippen LogP contribution >= 0.6 is 12.2 Å². The number of hydrogen-bond acceptors (Lipinski definition) is 5. The minimum absolute atomic E-state index is 0.279. The number of hydrogen-bond donors (Lipinski definition) is 2. The molecule has 0 radical (unpaired) electrons. The number of rotatable bonds is 6. The summed E-state index contributed by atoms with van der Waals surface area (Å²) < 4.78 is 10.4. The third kappa shape index (κ3) is 4.05. The zero-order chi connectivity index (χ0) is 22.8. The molecule has 1 amide bonds. The van der Waals surface area contributed by atoms with Gasteiger partial charge in [-0.05, 0) is 55.7 Å². The number of carbonyl (C=O) groups is 2. The molecule has 2 N–H and O–H groups in total. The maximum atomic E-state index is 13.6. The molecule has 4 rings (SSSR count). The van der Waals surface area contributed by atoms with Crippen molar-refractivity contribution < 1.29 is 19.1 Å². The predicted molar refractivity (Wildman–Crippen MR) is 125 cm³/mol. The zero-order valence-electron chi connectivity index (χ0n) is 18.2. The maximum Gasteiger partial charge on any atom is 0.338 e. The van der Waals surface area contributed by atoms with E-state index in [4.69, 9.17) is 21.7 Å². The van der Waals surface area contributed by atoms with Gasteiger partial charge in [-0.15, -0.1) is 0 Å². The molecule has 1 heterocycles. The van der Waals surface area contributed by atoms with Crippen LogP contribution in [0.3, 0.4) is 0 Å². The molecule has 0 aromatic heterocycles. The van der Waals surface area contributed by atoms with E-state index in [-0.39, 0.29) is 11.9 Å². The molecule has 1 aliphatic carbocycles. The summed E-state index contributed by atoms with van der Waals surface area (Å²) in [5, 5.41) is 6.81. The molecule has 0 spiro atoms. The van der Waals surface area contributed by atoms with Gasteiger partial charge >= 0.3 is 5.97 Å². The molecule has 7 nitrogen and oxygen atoms in total. The van der Waals surface area contributed by atoms with Crippen molar-refractivity contribution in [2.45, 2.75) is 31.8 Å². The van der Waals surface area contributed by atoms with Crippen LogP contribution in [0.5, 0.6) is 5.75 Å². The first kappa shape index (κ1) is 21.8. The summed E-state index contributed by atoms with van der Waals surface area (Å²) in [5.41, 5.74) is 2.83. The number of nitrogens with one attached hydrogen (secondary N) is 2. The third-order valence-corrected chi connectivity index (χ3v) is 6.03. The molecule has 1 unspecified atom stereocenters. The van der Waals surface area contributed by atoms with Crippen LogP contribution in [-0.4, -0.2) is 42.2 Å². The lowest BCUT2D eigenvalue weighted by Crippen LogP contribution is -2.49. The first-order chi connectivity index (χ1) is 15.5. The van der Waals surface area contributed by atoms with Gasteiger partial charge < -0.3 is 25.0 Å². The molecule has 1 fully saturated rings. The van der Waals surface area contributed by atoms with Crippen LogP contribution in [0, 0.1) is 0 Å². The Bertz CT molecular complexity index is 1110. The van der Waals surface area contributed by atoms with E-state index >= 15 is 0 Å². The molecular formula is C24H25N3O4S. The van der Waals surface area contributed by atoms with E-state index in [9.17, 15) is 9.59 Å². The highest BCUT2D eigenvalue weighted by atomic mass is 32.1. The van der Waals surface area contributed by atoms with E-state index in [2.05, 4.69) is 10.6 Å². The SMILES string of the molecule is COC(=O)c1ccccc1C1NC(=S)N(C2CC2)C(C)=C1C(=O)Nc1ccccc1OC.